The van der Waals surface area contributed by atoms with Crippen LogP contribution in [0, 0.1) is 11.8 Å². The highest BCUT2D eigenvalue weighted by molar-refractivity contribution is 6.04. The van der Waals surface area contributed by atoms with Crippen molar-refractivity contribution in [3.05, 3.63) is 59.2 Å². The maximum Gasteiger partial charge on any atom is 0.255 e. The van der Waals surface area contributed by atoms with Crippen molar-refractivity contribution in [1.29, 1.82) is 0 Å². The number of nitrogens with one attached hydrogen (secondary N) is 1. The van der Waals surface area contributed by atoms with Gasteiger partial charge in [0, 0.05) is 18.2 Å². The summed E-state index contributed by atoms with van der Waals surface area (Å²) in [6.45, 7) is 5.00. The van der Waals surface area contributed by atoms with Gasteiger partial charge in [-0.2, -0.15) is 0 Å². The van der Waals surface area contributed by atoms with E-state index in [9.17, 15) is 9.59 Å². The third kappa shape index (κ3) is 3.54. The molecule has 1 fully saturated rings. The average molecular weight is 421 g/mol. The van der Waals surface area contributed by atoms with Crippen LogP contribution in [-0.4, -0.2) is 29.5 Å². The third-order valence-electron chi connectivity index (χ3n) is 7.13. The summed E-state index contributed by atoms with van der Waals surface area (Å²) in [5.41, 5.74) is 2.29. The highest BCUT2D eigenvalue weighted by Gasteiger charge is 2.42. The zero-order valence-electron chi connectivity index (χ0n) is 18.0. The SMILES string of the molecule is C[C@@H]1[C@H](C)CCC[C@@H]1NC(=O)[C@@H]1c2ccccc2C(=O)N1Cc1ccc2c(c1)OCO2. The number of benzene rings is 2. The molecule has 5 rings (SSSR count). The minimum Gasteiger partial charge on any atom is -0.454 e. The lowest BCUT2D eigenvalue weighted by Crippen LogP contribution is -2.48. The van der Waals surface area contributed by atoms with E-state index in [1.54, 1.807) is 4.90 Å². The Balaban J connectivity index is 1.42. The maximum absolute atomic E-state index is 13.5. The molecule has 0 saturated heterocycles. The van der Waals surface area contributed by atoms with E-state index in [-0.39, 0.29) is 24.6 Å². The lowest BCUT2D eigenvalue weighted by molar-refractivity contribution is -0.127. The van der Waals surface area contributed by atoms with Gasteiger partial charge in [-0.3, -0.25) is 9.59 Å². The van der Waals surface area contributed by atoms with Gasteiger partial charge in [-0.1, -0.05) is 51.0 Å². The zero-order chi connectivity index (χ0) is 21.5. The van der Waals surface area contributed by atoms with Gasteiger partial charge in [0.05, 0.1) is 0 Å². The molecule has 2 aromatic carbocycles. The number of hydrogen-bond acceptors (Lipinski definition) is 4. The van der Waals surface area contributed by atoms with Gasteiger partial charge in [0.2, 0.25) is 12.7 Å². The molecule has 0 bridgehead atoms. The average Bonchev–Trinajstić information content (AvgIpc) is 3.34. The van der Waals surface area contributed by atoms with Crippen molar-refractivity contribution < 1.29 is 19.1 Å². The Morgan fingerprint density at radius 1 is 1.10 bits per heavy atom. The second kappa shape index (κ2) is 7.91. The van der Waals surface area contributed by atoms with Crippen LogP contribution < -0.4 is 14.8 Å². The summed E-state index contributed by atoms with van der Waals surface area (Å²) >= 11 is 0. The number of amides is 2. The fourth-order valence-electron chi connectivity index (χ4n) is 5.10. The Hall–Kier alpha value is -3.02. The number of fused-ring (bicyclic) bond motifs is 2. The molecule has 3 aliphatic rings. The molecule has 2 aliphatic heterocycles. The third-order valence-corrected chi connectivity index (χ3v) is 7.13. The van der Waals surface area contributed by atoms with Crippen molar-refractivity contribution in [2.75, 3.05) is 6.79 Å². The van der Waals surface area contributed by atoms with Crippen LogP contribution >= 0.6 is 0 Å². The largest absolute Gasteiger partial charge is 0.454 e. The Bertz CT molecular complexity index is 1020. The summed E-state index contributed by atoms with van der Waals surface area (Å²) in [6.07, 6.45) is 3.31. The lowest BCUT2D eigenvalue weighted by atomic mass is 9.78. The molecule has 2 heterocycles. The summed E-state index contributed by atoms with van der Waals surface area (Å²) < 4.78 is 10.9. The number of hydrogen-bond donors (Lipinski definition) is 1. The minimum atomic E-state index is -0.626. The van der Waals surface area contributed by atoms with Gasteiger partial charge in [-0.15, -0.1) is 0 Å². The maximum atomic E-state index is 13.5. The predicted molar refractivity (Wildman–Crippen MR) is 116 cm³/mol. The molecular formula is C25H28N2O4. The second-order valence-corrected chi connectivity index (χ2v) is 8.99. The van der Waals surface area contributed by atoms with Crippen molar-refractivity contribution in [3.8, 4) is 11.5 Å². The molecule has 1 saturated carbocycles. The van der Waals surface area contributed by atoms with Crippen LogP contribution in [0.4, 0.5) is 0 Å². The molecule has 31 heavy (non-hydrogen) atoms. The second-order valence-electron chi connectivity index (χ2n) is 8.99. The van der Waals surface area contributed by atoms with Crippen LogP contribution in [0.5, 0.6) is 11.5 Å². The molecular weight excluding hydrogens is 392 g/mol. The molecule has 0 unspecified atom stereocenters. The first-order valence-corrected chi connectivity index (χ1v) is 11.1. The van der Waals surface area contributed by atoms with Crippen LogP contribution in [-0.2, 0) is 11.3 Å². The van der Waals surface area contributed by atoms with Crippen LogP contribution in [0.1, 0.15) is 60.6 Å². The van der Waals surface area contributed by atoms with Crippen molar-refractivity contribution in [2.45, 2.75) is 51.7 Å². The molecule has 4 atom stereocenters. The van der Waals surface area contributed by atoms with Gasteiger partial charge in [0.15, 0.2) is 11.5 Å². The number of carbonyl (C=O) groups excluding carboxylic acids is 2. The summed E-state index contributed by atoms with van der Waals surface area (Å²) in [6, 6.07) is 12.6. The molecule has 2 aromatic rings. The number of nitrogens with zero attached hydrogens (tertiary/aromatic N) is 1. The topological polar surface area (TPSA) is 67.9 Å². The summed E-state index contributed by atoms with van der Waals surface area (Å²) in [5.74, 6) is 2.18. The number of ether oxygens (including phenoxy) is 2. The van der Waals surface area contributed by atoms with Crippen LogP contribution in [0.3, 0.4) is 0 Å². The number of carbonyl (C=O) groups is 2. The van der Waals surface area contributed by atoms with Gasteiger partial charge in [-0.05, 0) is 47.6 Å². The molecule has 0 aromatic heterocycles. The molecule has 6 nitrogen and oxygen atoms in total. The first-order valence-electron chi connectivity index (χ1n) is 11.1. The first-order chi connectivity index (χ1) is 15.0. The zero-order valence-corrected chi connectivity index (χ0v) is 18.0. The van der Waals surface area contributed by atoms with Crippen molar-refractivity contribution >= 4 is 11.8 Å². The normalized spacial score (nSPS) is 26.6. The highest BCUT2D eigenvalue weighted by Crippen LogP contribution is 2.38. The molecule has 6 heteroatoms. The van der Waals surface area contributed by atoms with Gasteiger partial charge in [0.1, 0.15) is 6.04 Å². The smallest absolute Gasteiger partial charge is 0.255 e. The Labute approximate surface area is 182 Å². The number of rotatable bonds is 4. The fraction of sp³-hybridized carbons (Fsp3) is 0.440. The highest BCUT2D eigenvalue weighted by atomic mass is 16.7. The molecule has 1 N–H and O–H groups in total. The van der Waals surface area contributed by atoms with E-state index >= 15 is 0 Å². The Morgan fingerprint density at radius 3 is 2.77 bits per heavy atom. The molecule has 1 aliphatic carbocycles. The van der Waals surface area contributed by atoms with E-state index in [0.29, 0.717) is 35.4 Å². The van der Waals surface area contributed by atoms with E-state index in [0.717, 1.165) is 24.0 Å². The Morgan fingerprint density at radius 2 is 1.90 bits per heavy atom. The van der Waals surface area contributed by atoms with Crippen molar-refractivity contribution in [3.63, 3.8) is 0 Å². The van der Waals surface area contributed by atoms with Crippen molar-refractivity contribution in [2.24, 2.45) is 11.8 Å². The molecule has 0 radical (unpaired) electrons. The quantitative estimate of drug-likeness (QED) is 0.810. The predicted octanol–water partition coefficient (Wildman–Crippen LogP) is 4.05. The van der Waals surface area contributed by atoms with Gasteiger partial charge in [0.25, 0.3) is 5.91 Å². The fourth-order valence-corrected chi connectivity index (χ4v) is 5.10. The standard InChI is InChI=1S/C25H28N2O4/c1-15-6-5-9-20(16(15)2)26-24(28)23-18-7-3-4-8-19(18)25(29)27(23)13-17-10-11-21-22(12-17)31-14-30-21/h3-4,7-8,10-12,15-16,20,23H,5-6,9,13-14H2,1-2H3,(H,26,28)/t15-,16-,20+,23+/m1/s1. The minimum absolute atomic E-state index is 0.0926. The first kappa shape index (κ1) is 19.9. The lowest BCUT2D eigenvalue weighted by Gasteiger charge is -2.36. The van der Waals surface area contributed by atoms with E-state index in [1.165, 1.54) is 6.42 Å². The van der Waals surface area contributed by atoms with E-state index in [4.69, 9.17) is 9.47 Å². The molecule has 2 amide bonds. The van der Waals surface area contributed by atoms with E-state index in [2.05, 4.69) is 19.2 Å². The van der Waals surface area contributed by atoms with Gasteiger partial charge >= 0.3 is 0 Å². The van der Waals surface area contributed by atoms with Crippen molar-refractivity contribution in [1.82, 2.24) is 10.2 Å². The Kier molecular flexibility index (Phi) is 5.08. The molecule has 162 valence electrons. The van der Waals surface area contributed by atoms with Gasteiger partial charge < -0.3 is 19.7 Å². The van der Waals surface area contributed by atoms with Crippen LogP contribution in [0.25, 0.3) is 0 Å². The summed E-state index contributed by atoms with van der Waals surface area (Å²) in [7, 11) is 0. The molecule has 0 spiro atoms. The van der Waals surface area contributed by atoms with E-state index < -0.39 is 6.04 Å². The van der Waals surface area contributed by atoms with Crippen LogP contribution in [0.2, 0.25) is 0 Å². The monoisotopic (exact) mass is 420 g/mol. The summed E-state index contributed by atoms with van der Waals surface area (Å²) in [4.78, 5) is 28.4. The van der Waals surface area contributed by atoms with Crippen LogP contribution in [0.15, 0.2) is 42.5 Å². The summed E-state index contributed by atoms with van der Waals surface area (Å²) in [5, 5.41) is 3.28. The van der Waals surface area contributed by atoms with E-state index in [1.807, 2.05) is 42.5 Å². The van der Waals surface area contributed by atoms with Gasteiger partial charge in [-0.25, -0.2) is 0 Å².